The van der Waals surface area contributed by atoms with Gasteiger partial charge in [0.15, 0.2) is 0 Å². The molecule has 29 heavy (non-hydrogen) atoms. The quantitative estimate of drug-likeness (QED) is 0.762. The van der Waals surface area contributed by atoms with Gasteiger partial charge in [0.25, 0.3) is 5.91 Å². The van der Waals surface area contributed by atoms with Crippen LogP contribution in [0.15, 0.2) is 30.5 Å². The number of hydrogen-bond donors (Lipinski definition) is 2. The number of aromatic nitrogens is 1. The number of carbonyl (C=O) groups is 1. The van der Waals surface area contributed by atoms with Crippen molar-refractivity contribution in [3.8, 4) is 0 Å². The van der Waals surface area contributed by atoms with Crippen molar-refractivity contribution in [2.45, 2.75) is 25.8 Å². The van der Waals surface area contributed by atoms with E-state index in [1.54, 1.807) is 12.3 Å². The number of rotatable bonds is 5. The van der Waals surface area contributed by atoms with Crippen molar-refractivity contribution >= 4 is 23.0 Å². The van der Waals surface area contributed by atoms with Crippen molar-refractivity contribution in [1.29, 1.82) is 0 Å². The average Bonchev–Trinajstić information content (AvgIpc) is 3.26. The largest absolute Gasteiger partial charge is 0.379 e. The summed E-state index contributed by atoms with van der Waals surface area (Å²) in [6.07, 6.45) is 5.16. The molecule has 1 aromatic heterocycles. The standard InChI is InChI=1S/C22H27N5O2/c1-23-18-14-20(24-15-18)22(28)25-19-6-5-17(16-26-9-11-29-12-10-26)13-21(19)27-7-3-2-4-8-27/h5-6,13-15,24H,2-4,7-12,16H2,(H,25,28). The molecule has 0 atom stereocenters. The van der Waals surface area contributed by atoms with Gasteiger partial charge in [-0.1, -0.05) is 6.07 Å². The fourth-order valence-electron chi connectivity index (χ4n) is 3.96. The summed E-state index contributed by atoms with van der Waals surface area (Å²) in [5, 5.41) is 3.04. The lowest BCUT2D eigenvalue weighted by Crippen LogP contribution is -2.35. The lowest BCUT2D eigenvalue weighted by Gasteiger charge is -2.32. The molecule has 3 heterocycles. The Hall–Kier alpha value is -2.82. The van der Waals surface area contributed by atoms with Crippen molar-refractivity contribution in [3.05, 3.63) is 53.1 Å². The topological polar surface area (TPSA) is 65.0 Å². The molecule has 0 radical (unpaired) electrons. The third kappa shape index (κ3) is 4.78. The Balaban J connectivity index is 1.55. The zero-order valence-corrected chi connectivity index (χ0v) is 16.6. The van der Waals surface area contributed by atoms with Gasteiger partial charge in [0.05, 0.1) is 36.9 Å². The first-order valence-electron chi connectivity index (χ1n) is 10.3. The van der Waals surface area contributed by atoms with Crippen LogP contribution in [0.1, 0.15) is 35.3 Å². The summed E-state index contributed by atoms with van der Waals surface area (Å²) in [6.45, 7) is 13.5. The number of hydrogen-bond acceptors (Lipinski definition) is 4. The smallest absolute Gasteiger partial charge is 0.270 e. The van der Waals surface area contributed by atoms with Crippen LogP contribution in [0.25, 0.3) is 4.85 Å². The molecule has 0 saturated carbocycles. The predicted octanol–water partition coefficient (Wildman–Crippen LogP) is 3.64. The fourth-order valence-corrected chi connectivity index (χ4v) is 3.96. The number of benzene rings is 1. The van der Waals surface area contributed by atoms with Crippen molar-refractivity contribution in [2.75, 3.05) is 49.6 Å². The van der Waals surface area contributed by atoms with Gasteiger partial charge in [-0.05, 0) is 43.0 Å². The molecular weight excluding hydrogens is 366 g/mol. The van der Waals surface area contributed by atoms with Crippen LogP contribution >= 0.6 is 0 Å². The minimum absolute atomic E-state index is 0.223. The van der Waals surface area contributed by atoms with Crippen LogP contribution < -0.4 is 10.2 Å². The number of anilines is 2. The number of nitrogens with one attached hydrogen (secondary N) is 2. The summed E-state index contributed by atoms with van der Waals surface area (Å²) in [6, 6.07) is 7.90. The Morgan fingerprint density at radius 2 is 1.93 bits per heavy atom. The van der Waals surface area contributed by atoms with E-state index in [0.717, 1.165) is 57.3 Å². The minimum atomic E-state index is -0.223. The molecule has 2 N–H and O–H groups in total. The second-order valence-corrected chi connectivity index (χ2v) is 7.63. The number of nitrogens with zero attached hydrogens (tertiary/aromatic N) is 3. The molecule has 0 aliphatic carbocycles. The van der Waals surface area contributed by atoms with E-state index < -0.39 is 0 Å². The highest BCUT2D eigenvalue weighted by Crippen LogP contribution is 2.31. The number of carbonyl (C=O) groups excluding carboxylic acids is 1. The molecule has 1 aromatic carbocycles. The van der Waals surface area contributed by atoms with Gasteiger partial charge in [-0.25, -0.2) is 4.85 Å². The van der Waals surface area contributed by atoms with E-state index in [0.29, 0.717) is 11.4 Å². The first kappa shape index (κ1) is 19.5. The second-order valence-electron chi connectivity index (χ2n) is 7.63. The molecule has 7 heteroatoms. The first-order valence-corrected chi connectivity index (χ1v) is 10.3. The molecule has 0 unspecified atom stereocenters. The van der Waals surface area contributed by atoms with Crippen LogP contribution in [0, 0.1) is 6.57 Å². The summed E-state index contributed by atoms with van der Waals surface area (Å²) >= 11 is 0. The Bertz CT molecular complexity index is 889. The Morgan fingerprint density at radius 3 is 2.66 bits per heavy atom. The molecule has 4 rings (SSSR count). The Morgan fingerprint density at radius 1 is 1.14 bits per heavy atom. The third-order valence-electron chi connectivity index (χ3n) is 5.56. The molecule has 2 aliphatic heterocycles. The highest BCUT2D eigenvalue weighted by molar-refractivity contribution is 6.05. The SMILES string of the molecule is [C-]#[N+]c1c[nH]c(C(=O)Nc2ccc(CN3CCOCC3)cc2N2CCCCC2)c1. The van der Waals surface area contributed by atoms with Gasteiger partial charge in [-0.3, -0.25) is 9.69 Å². The number of aromatic amines is 1. The molecule has 0 bridgehead atoms. The summed E-state index contributed by atoms with van der Waals surface area (Å²) < 4.78 is 5.45. The molecule has 2 fully saturated rings. The van der Waals surface area contributed by atoms with Gasteiger partial charge in [0, 0.05) is 38.9 Å². The maximum absolute atomic E-state index is 12.7. The molecule has 0 spiro atoms. The summed E-state index contributed by atoms with van der Waals surface area (Å²) in [5.41, 5.74) is 3.99. The second kappa shape index (κ2) is 9.12. The molecule has 2 saturated heterocycles. The van der Waals surface area contributed by atoms with Crippen molar-refractivity contribution in [1.82, 2.24) is 9.88 Å². The molecule has 152 valence electrons. The van der Waals surface area contributed by atoms with Crippen LogP contribution in [0.5, 0.6) is 0 Å². The number of morpholine rings is 1. The van der Waals surface area contributed by atoms with Gasteiger partial charge >= 0.3 is 0 Å². The van der Waals surface area contributed by atoms with Gasteiger partial charge < -0.3 is 19.9 Å². The molecular formula is C22H27N5O2. The zero-order chi connectivity index (χ0) is 20.1. The van der Waals surface area contributed by atoms with E-state index >= 15 is 0 Å². The van der Waals surface area contributed by atoms with Gasteiger partial charge in [0.2, 0.25) is 5.69 Å². The number of amides is 1. The summed E-state index contributed by atoms with van der Waals surface area (Å²) in [7, 11) is 0. The highest BCUT2D eigenvalue weighted by Gasteiger charge is 2.19. The van der Waals surface area contributed by atoms with Crippen LogP contribution in [-0.2, 0) is 11.3 Å². The van der Waals surface area contributed by atoms with E-state index in [1.165, 1.54) is 24.8 Å². The normalized spacial score (nSPS) is 17.7. The molecule has 1 amide bonds. The third-order valence-corrected chi connectivity index (χ3v) is 5.56. The maximum atomic E-state index is 12.7. The first-order chi connectivity index (χ1) is 14.2. The summed E-state index contributed by atoms with van der Waals surface area (Å²) in [4.78, 5) is 23.7. The molecule has 2 aliphatic rings. The van der Waals surface area contributed by atoms with Crippen LogP contribution in [0.2, 0.25) is 0 Å². The maximum Gasteiger partial charge on any atom is 0.270 e. The van der Waals surface area contributed by atoms with Crippen LogP contribution in [0.3, 0.4) is 0 Å². The zero-order valence-electron chi connectivity index (χ0n) is 16.6. The lowest BCUT2D eigenvalue weighted by atomic mass is 10.1. The van der Waals surface area contributed by atoms with Crippen molar-refractivity contribution < 1.29 is 9.53 Å². The number of piperidine rings is 1. The highest BCUT2D eigenvalue weighted by atomic mass is 16.5. The lowest BCUT2D eigenvalue weighted by molar-refractivity contribution is 0.0342. The average molecular weight is 393 g/mol. The van der Waals surface area contributed by atoms with E-state index in [1.807, 2.05) is 6.07 Å². The van der Waals surface area contributed by atoms with Crippen molar-refractivity contribution in [2.24, 2.45) is 0 Å². The monoisotopic (exact) mass is 393 g/mol. The van der Waals surface area contributed by atoms with E-state index in [2.05, 4.69) is 37.1 Å². The van der Waals surface area contributed by atoms with E-state index in [9.17, 15) is 4.79 Å². The van der Waals surface area contributed by atoms with Gasteiger partial charge in [-0.15, -0.1) is 0 Å². The minimum Gasteiger partial charge on any atom is -0.379 e. The number of H-pyrrole nitrogens is 1. The molecule has 7 nitrogen and oxygen atoms in total. The van der Waals surface area contributed by atoms with E-state index in [4.69, 9.17) is 11.3 Å². The van der Waals surface area contributed by atoms with Gasteiger partial charge in [-0.2, -0.15) is 0 Å². The molecule has 2 aromatic rings. The van der Waals surface area contributed by atoms with Gasteiger partial charge in [0.1, 0.15) is 0 Å². The fraction of sp³-hybridized carbons (Fsp3) is 0.455. The van der Waals surface area contributed by atoms with Crippen LogP contribution in [0.4, 0.5) is 17.1 Å². The van der Waals surface area contributed by atoms with E-state index in [-0.39, 0.29) is 5.91 Å². The predicted molar refractivity (Wildman–Crippen MR) is 114 cm³/mol. The Kier molecular flexibility index (Phi) is 6.13. The Labute approximate surface area is 171 Å². The number of ether oxygens (including phenoxy) is 1. The van der Waals surface area contributed by atoms with Crippen molar-refractivity contribution in [3.63, 3.8) is 0 Å². The summed E-state index contributed by atoms with van der Waals surface area (Å²) in [5.74, 6) is -0.223. The van der Waals surface area contributed by atoms with Crippen LogP contribution in [-0.4, -0.2) is 55.2 Å².